The Labute approximate surface area is 62.1 Å². The standard InChI is InChI=1S/C6H15NOS/c1-2-6(5-8)7-3-4-9/h6-9H,2-5H2,1H3. The molecule has 3 heteroatoms. The molecule has 0 aromatic heterocycles. The molecule has 0 radical (unpaired) electrons. The molecule has 0 heterocycles. The Bertz CT molecular complexity index is 57.0. The second-order valence-corrected chi connectivity index (χ2v) is 2.41. The largest absolute Gasteiger partial charge is 0.395 e. The van der Waals surface area contributed by atoms with Gasteiger partial charge in [0.1, 0.15) is 0 Å². The van der Waals surface area contributed by atoms with Gasteiger partial charge in [-0.2, -0.15) is 12.6 Å². The third-order valence-electron chi connectivity index (χ3n) is 1.26. The monoisotopic (exact) mass is 149 g/mol. The summed E-state index contributed by atoms with van der Waals surface area (Å²) in [4.78, 5) is 0. The summed E-state index contributed by atoms with van der Waals surface area (Å²) in [6, 6.07) is 0.261. The fourth-order valence-corrected chi connectivity index (χ4v) is 0.736. The molecule has 1 atom stereocenters. The van der Waals surface area contributed by atoms with E-state index in [1.807, 2.05) is 6.92 Å². The van der Waals surface area contributed by atoms with Crippen LogP contribution in [0.25, 0.3) is 0 Å². The average molecular weight is 149 g/mol. The van der Waals surface area contributed by atoms with Gasteiger partial charge in [0.2, 0.25) is 0 Å². The van der Waals surface area contributed by atoms with Gasteiger partial charge < -0.3 is 10.4 Å². The lowest BCUT2D eigenvalue weighted by atomic mass is 10.2. The molecular formula is C6H15NOS. The van der Waals surface area contributed by atoms with E-state index in [-0.39, 0.29) is 12.6 Å². The Hall–Kier alpha value is 0.270. The van der Waals surface area contributed by atoms with E-state index in [2.05, 4.69) is 17.9 Å². The van der Waals surface area contributed by atoms with Crippen LogP contribution in [0.4, 0.5) is 0 Å². The molecule has 0 spiro atoms. The Morgan fingerprint density at radius 1 is 1.67 bits per heavy atom. The van der Waals surface area contributed by atoms with Gasteiger partial charge in [0.25, 0.3) is 0 Å². The topological polar surface area (TPSA) is 32.3 Å². The van der Waals surface area contributed by atoms with E-state index >= 15 is 0 Å². The minimum Gasteiger partial charge on any atom is -0.395 e. The van der Waals surface area contributed by atoms with Crippen molar-refractivity contribution in [3.8, 4) is 0 Å². The number of nitrogens with one attached hydrogen (secondary N) is 1. The number of hydrogen-bond acceptors (Lipinski definition) is 3. The van der Waals surface area contributed by atoms with Gasteiger partial charge in [-0.25, -0.2) is 0 Å². The van der Waals surface area contributed by atoms with Gasteiger partial charge in [-0.05, 0) is 6.42 Å². The number of aliphatic hydroxyl groups is 1. The molecule has 1 unspecified atom stereocenters. The van der Waals surface area contributed by atoms with E-state index in [4.69, 9.17) is 5.11 Å². The Kier molecular flexibility index (Phi) is 6.58. The number of aliphatic hydroxyl groups excluding tert-OH is 1. The maximum atomic E-state index is 8.67. The van der Waals surface area contributed by atoms with E-state index in [0.717, 1.165) is 18.7 Å². The van der Waals surface area contributed by atoms with Crippen molar-refractivity contribution in [1.29, 1.82) is 0 Å². The van der Waals surface area contributed by atoms with E-state index < -0.39 is 0 Å². The van der Waals surface area contributed by atoms with Crippen LogP contribution in [-0.4, -0.2) is 30.1 Å². The Balaban J connectivity index is 3.09. The smallest absolute Gasteiger partial charge is 0.0584 e. The minimum absolute atomic E-state index is 0.226. The van der Waals surface area contributed by atoms with Gasteiger partial charge in [-0.1, -0.05) is 6.92 Å². The van der Waals surface area contributed by atoms with Gasteiger partial charge in [0.05, 0.1) is 6.61 Å². The van der Waals surface area contributed by atoms with E-state index in [0.29, 0.717) is 0 Å². The third kappa shape index (κ3) is 4.75. The summed E-state index contributed by atoms with van der Waals surface area (Å²) in [6.07, 6.45) is 0.976. The maximum Gasteiger partial charge on any atom is 0.0584 e. The lowest BCUT2D eigenvalue weighted by molar-refractivity contribution is 0.241. The molecule has 0 saturated carbocycles. The molecule has 2 N–H and O–H groups in total. The van der Waals surface area contributed by atoms with Crippen LogP contribution in [0.15, 0.2) is 0 Å². The van der Waals surface area contributed by atoms with Gasteiger partial charge >= 0.3 is 0 Å². The van der Waals surface area contributed by atoms with Crippen molar-refractivity contribution in [2.24, 2.45) is 0 Å². The molecular weight excluding hydrogens is 134 g/mol. The molecule has 2 nitrogen and oxygen atoms in total. The van der Waals surface area contributed by atoms with Crippen LogP contribution in [0.2, 0.25) is 0 Å². The Morgan fingerprint density at radius 2 is 2.33 bits per heavy atom. The summed E-state index contributed by atoms with van der Waals surface area (Å²) in [6.45, 7) is 3.15. The predicted molar refractivity (Wildman–Crippen MR) is 43.0 cm³/mol. The van der Waals surface area contributed by atoms with Gasteiger partial charge in [-0.3, -0.25) is 0 Å². The number of thiol groups is 1. The summed E-state index contributed by atoms with van der Waals surface area (Å²) >= 11 is 4.03. The predicted octanol–water partition coefficient (Wildman–Crippen LogP) is 0.277. The highest BCUT2D eigenvalue weighted by molar-refractivity contribution is 7.80. The molecule has 0 aliphatic carbocycles. The van der Waals surface area contributed by atoms with Crippen molar-refractivity contribution in [2.75, 3.05) is 18.9 Å². The number of hydrogen-bond donors (Lipinski definition) is 3. The van der Waals surface area contributed by atoms with Crippen molar-refractivity contribution >= 4 is 12.6 Å². The fraction of sp³-hybridized carbons (Fsp3) is 1.00. The highest BCUT2D eigenvalue weighted by Crippen LogP contribution is 1.87. The number of rotatable bonds is 5. The quantitative estimate of drug-likeness (QED) is 0.490. The molecule has 0 aromatic carbocycles. The molecule has 0 fully saturated rings. The van der Waals surface area contributed by atoms with Crippen molar-refractivity contribution < 1.29 is 5.11 Å². The summed E-state index contributed by atoms with van der Waals surface area (Å²) in [5.41, 5.74) is 0. The van der Waals surface area contributed by atoms with Crippen molar-refractivity contribution in [2.45, 2.75) is 19.4 Å². The van der Waals surface area contributed by atoms with E-state index in [1.165, 1.54) is 0 Å². The van der Waals surface area contributed by atoms with Gasteiger partial charge in [0, 0.05) is 18.3 Å². The zero-order valence-corrected chi connectivity index (χ0v) is 6.69. The van der Waals surface area contributed by atoms with Crippen LogP contribution in [0.5, 0.6) is 0 Å². The van der Waals surface area contributed by atoms with Crippen LogP contribution in [0.3, 0.4) is 0 Å². The van der Waals surface area contributed by atoms with Crippen molar-refractivity contribution in [1.82, 2.24) is 5.32 Å². The summed E-state index contributed by atoms with van der Waals surface area (Å²) in [7, 11) is 0. The molecule has 0 aliphatic rings. The summed E-state index contributed by atoms with van der Waals surface area (Å²) < 4.78 is 0. The van der Waals surface area contributed by atoms with E-state index in [9.17, 15) is 0 Å². The third-order valence-corrected chi connectivity index (χ3v) is 1.48. The highest BCUT2D eigenvalue weighted by Gasteiger charge is 1.99. The van der Waals surface area contributed by atoms with Gasteiger partial charge in [0.15, 0.2) is 0 Å². The minimum atomic E-state index is 0.226. The van der Waals surface area contributed by atoms with Crippen LogP contribution in [-0.2, 0) is 0 Å². The zero-order chi connectivity index (χ0) is 7.11. The SMILES string of the molecule is CCC(CO)NCCS. The first kappa shape index (κ1) is 9.27. The van der Waals surface area contributed by atoms with Crippen LogP contribution in [0, 0.1) is 0 Å². The molecule has 56 valence electrons. The zero-order valence-electron chi connectivity index (χ0n) is 5.80. The average Bonchev–Trinajstić information content (AvgIpc) is 1.91. The normalized spacial score (nSPS) is 13.7. The molecule has 9 heavy (non-hydrogen) atoms. The fourth-order valence-electron chi connectivity index (χ4n) is 0.607. The van der Waals surface area contributed by atoms with Crippen molar-refractivity contribution in [3.05, 3.63) is 0 Å². The first-order valence-electron chi connectivity index (χ1n) is 3.30. The summed E-state index contributed by atoms with van der Waals surface area (Å²) in [5.74, 6) is 0.830. The lowest BCUT2D eigenvalue weighted by Crippen LogP contribution is -2.33. The highest BCUT2D eigenvalue weighted by atomic mass is 32.1. The first-order chi connectivity index (χ1) is 4.35. The molecule has 0 saturated heterocycles. The van der Waals surface area contributed by atoms with E-state index in [1.54, 1.807) is 0 Å². The molecule has 0 rings (SSSR count). The first-order valence-corrected chi connectivity index (χ1v) is 3.93. The van der Waals surface area contributed by atoms with Crippen LogP contribution in [0.1, 0.15) is 13.3 Å². The molecule has 0 amide bonds. The molecule has 0 aromatic rings. The lowest BCUT2D eigenvalue weighted by Gasteiger charge is -2.11. The molecule has 0 aliphatic heterocycles. The summed E-state index contributed by atoms with van der Waals surface area (Å²) in [5, 5.41) is 11.8. The second-order valence-electron chi connectivity index (χ2n) is 1.97. The van der Waals surface area contributed by atoms with Crippen LogP contribution >= 0.6 is 12.6 Å². The molecule has 0 bridgehead atoms. The van der Waals surface area contributed by atoms with Crippen molar-refractivity contribution in [3.63, 3.8) is 0 Å². The van der Waals surface area contributed by atoms with Gasteiger partial charge in [-0.15, -0.1) is 0 Å². The second kappa shape index (κ2) is 6.39. The van der Waals surface area contributed by atoms with Crippen LogP contribution < -0.4 is 5.32 Å². The Morgan fingerprint density at radius 3 is 2.67 bits per heavy atom. The maximum absolute atomic E-state index is 8.67.